The van der Waals surface area contributed by atoms with Gasteiger partial charge in [0.25, 0.3) is 0 Å². The molecule has 1 aromatic rings. The molecule has 18 heteroatoms. The smallest absolute Gasteiger partial charge is 0.342 e. The number of nitrogens with one attached hydrogen (secondary N) is 2. The van der Waals surface area contributed by atoms with Crippen LogP contribution >= 0.6 is 7.67 Å². The van der Waals surface area contributed by atoms with Crippen LogP contribution in [0.5, 0.6) is 5.88 Å². The third-order valence-electron chi connectivity index (χ3n) is 6.36. The molecule has 0 aliphatic rings. The lowest BCUT2D eigenvalue weighted by molar-refractivity contribution is -0.146. The first kappa shape index (κ1) is 45.1. The largest absolute Gasteiger partial charge is 0.479 e. The number of hydrogen-bond donors (Lipinski definition) is 6. The Kier molecular flexibility index (Phi) is 22.0. The molecule has 0 fully saturated rings. The molecule has 0 amide bonds. The Labute approximate surface area is 284 Å². The van der Waals surface area contributed by atoms with Crippen molar-refractivity contribution in [1.29, 1.82) is 0 Å². The highest BCUT2D eigenvalue weighted by Crippen LogP contribution is 2.41. The SMILES string of the molecule is CC.CCOC(=O)[C@H](CC(C)C)NP(=O)(N[C@@H](CC(C)C)C(=O)OCC)OCC(OC)C(O)C(O)CC=Nc1c(N)nc(N)nc1OC. The van der Waals surface area contributed by atoms with E-state index in [4.69, 9.17) is 34.9 Å². The maximum Gasteiger partial charge on any atom is 0.342 e. The summed E-state index contributed by atoms with van der Waals surface area (Å²) < 4.78 is 41.0. The second-order valence-electron chi connectivity index (χ2n) is 11.2. The first-order valence-corrected chi connectivity index (χ1v) is 17.7. The number of aliphatic hydroxyl groups excluding tert-OH is 2. The van der Waals surface area contributed by atoms with E-state index in [1.165, 1.54) is 20.4 Å². The zero-order valence-corrected chi connectivity index (χ0v) is 30.9. The van der Waals surface area contributed by atoms with Crippen molar-refractivity contribution in [1.82, 2.24) is 20.1 Å². The number of nitrogens with zero attached hydrogens (tertiary/aromatic N) is 3. The van der Waals surface area contributed by atoms with Gasteiger partial charge < -0.3 is 45.2 Å². The van der Waals surface area contributed by atoms with E-state index in [1.54, 1.807) is 13.8 Å². The van der Waals surface area contributed by atoms with Crippen molar-refractivity contribution in [3.05, 3.63) is 0 Å². The van der Waals surface area contributed by atoms with Gasteiger partial charge in [-0.1, -0.05) is 41.5 Å². The number of anilines is 2. The summed E-state index contributed by atoms with van der Waals surface area (Å²) in [5, 5.41) is 27.1. The van der Waals surface area contributed by atoms with Crippen molar-refractivity contribution in [2.75, 3.05) is 45.5 Å². The fraction of sp³-hybridized carbons (Fsp3) is 0.767. The van der Waals surface area contributed by atoms with E-state index in [9.17, 15) is 24.4 Å². The van der Waals surface area contributed by atoms with Crippen LogP contribution in [0.25, 0.3) is 0 Å². The number of rotatable bonds is 22. The fourth-order valence-electron chi connectivity index (χ4n) is 4.21. The molecule has 0 spiro atoms. The Bertz CT molecular complexity index is 1140. The molecule has 0 aliphatic carbocycles. The highest BCUT2D eigenvalue weighted by Gasteiger charge is 2.38. The molecule has 17 nitrogen and oxygen atoms in total. The number of ether oxygens (including phenoxy) is 4. The predicted molar refractivity (Wildman–Crippen MR) is 184 cm³/mol. The molecule has 8 N–H and O–H groups in total. The van der Waals surface area contributed by atoms with Crippen LogP contribution in [-0.2, 0) is 32.9 Å². The zero-order valence-electron chi connectivity index (χ0n) is 30.0. The molecule has 0 bridgehead atoms. The number of carbonyl (C=O) groups excluding carboxylic acids is 2. The summed E-state index contributed by atoms with van der Waals surface area (Å²) >= 11 is 0. The average Bonchev–Trinajstić information content (AvgIpc) is 3.02. The lowest BCUT2D eigenvalue weighted by Crippen LogP contribution is -2.47. The molecule has 278 valence electrons. The van der Waals surface area contributed by atoms with E-state index in [0.717, 1.165) is 0 Å². The first-order valence-electron chi connectivity index (χ1n) is 16.1. The summed E-state index contributed by atoms with van der Waals surface area (Å²) in [7, 11) is -1.66. The Morgan fingerprint density at radius 2 is 1.44 bits per heavy atom. The minimum atomic E-state index is -4.27. The zero-order chi connectivity index (χ0) is 37.0. The Morgan fingerprint density at radius 1 is 0.938 bits per heavy atom. The highest BCUT2D eigenvalue weighted by molar-refractivity contribution is 7.54. The van der Waals surface area contributed by atoms with Gasteiger partial charge in [-0.15, -0.1) is 0 Å². The molecule has 5 atom stereocenters. The number of aliphatic imine (C=N–C) groups is 1. The summed E-state index contributed by atoms with van der Waals surface area (Å²) in [5.41, 5.74) is 11.5. The Morgan fingerprint density at radius 3 is 1.85 bits per heavy atom. The fourth-order valence-corrected chi connectivity index (χ4v) is 6.03. The summed E-state index contributed by atoms with van der Waals surface area (Å²) in [5.74, 6) is -1.46. The molecule has 1 aromatic heterocycles. The molecule has 1 rings (SSSR count). The second-order valence-corrected chi connectivity index (χ2v) is 13.1. The van der Waals surface area contributed by atoms with Crippen molar-refractivity contribution in [3.8, 4) is 5.88 Å². The van der Waals surface area contributed by atoms with Gasteiger partial charge in [0.15, 0.2) is 11.5 Å². The number of nitrogens with two attached hydrogens (primary N) is 2. The number of aromatic nitrogens is 2. The van der Waals surface area contributed by atoms with Gasteiger partial charge in [-0.3, -0.25) is 19.1 Å². The van der Waals surface area contributed by atoms with Crippen LogP contribution in [0, 0.1) is 11.8 Å². The van der Waals surface area contributed by atoms with Gasteiger partial charge in [-0.2, -0.15) is 9.97 Å². The van der Waals surface area contributed by atoms with Crippen molar-refractivity contribution >= 4 is 43.3 Å². The Balaban J connectivity index is 0.0000108. The van der Waals surface area contributed by atoms with Crippen molar-refractivity contribution in [2.45, 2.75) is 105 Å². The van der Waals surface area contributed by atoms with E-state index >= 15 is 0 Å². The molecule has 0 radical (unpaired) electrons. The van der Waals surface area contributed by atoms with Crippen LogP contribution in [-0.4, -0.2) is 103 Å². The van der Waals surface area contributed by atoms with Crippen LogP contribution in [0.3, 0.4) is 0 Å². The third-order valence-corrected chi connectivity index (χ3v) is 8.18. The Hall–Kier alpha value is -2.92. The number of aliphatic hydroxyl groups is 2. The topological polar surface area (TPSA) is 252 Å². The second kappa shape index (κ2) is 23.4. The number of hydrogen-bond acceptors (Lipinski definition) is 15. The van der Waals surface area contributed by atoms with Gasteiger partial charge in [0, 0.05) is 19.7 Å². The molecule has 0 saturated carbocycles. The monoisotopic (exact) mass is 707 g/mol. The van der Waals surface area contributed by atoms with Crippen LogP contribution < -0.4 is 26.4 Å². The summed E-state index contributed by atoms with van der Waals surface area (Å²) in [6, 6.07) is -2.12. The molecule has 0 aromatic carbocycles. The van der Waals surface area contributed by atoms with E-state index in [2.05, 4.69) is 25.1 Å². The van der Waals surface area contributed by atoms with Crippen LogP contribution in [0.1, 0.15) is 74.7 Å². The number of esters is 2. The van der Waals surface area contributed by atoms with E-state index in [-0.39, 0.29) is 67.6 Å². The van der Waals surface area contributed by atoms with E-state index in [1.807, 2.05) is 41.5 Å². The molecule has 0 aliphatic heterocycles. The minimum Gasteiger partial charge on any atom is -0.479 e. The standard InChI is InChI=1S/C28H52N7O10P.C2H6/c1-9-43-26(38)18(13-16(3)4)34-46(40,35-19(14-17(5)6)27(39)44-10-2)45-15-21(41-7)23(37)20(36)11-12-31-22-24(29)32-28(30)33-25(22)42-8;1-2/h12,16-21,23,36-37H,9-11,13-15H2,1-8H3,(H2,34,35,40)(H4,29,30,32,33);1-2H3/t18-,19-,20?,21?,23?;/m0./s1. The quantitative estimate of drug-likeness (QED) is 0.0575. The van der Waals surface area contributed by atoms with Gasteiger partial charge in [0.2, 0.25) is 11.8 Å². The van der Waals surface area contributed by atoms with Crippen molar-refractivity contribution in [2.24, 2.45) is 16.8 Å². The van der Waals surface area contributed by atoms with Gasteiger partial charge in [-0.05, 0) is 38.5 Å². The van der Waals surface area contributed by atoms with Crippen molar-refractivity contribution in [3.63, 3.8) is 0 Å². The van der Waals surface area contributed by atoms with Gasteiger partial charge in [0.1, 0.15) is 24.3 Å². The number of carbonyl (C=O) groups is 2. The van der Waals surface area contributed by atoms with E-state index < -0.39 is 56.6 Å². The van der Waals surface area contributed by atoms with Gasteiger partial charge in [0.05, 0.1) is 33.0 Å². The summed E-state index contributed by atoms with van der Waals surface area (Å²) in [6.07, 6.45) is -2.62. The molecular formula is C30H58N7O10P. The average molecular weight is 708 g/mol. The van der Waals surface area contributed by atoms with Crippen LogP contribution in [0.2, 0.25) is 0 Å². The lowest BCUT2D eigenvalue weighted by Gasteiger charge is -2.31. The lowest BCUT2D eigenvalue weighted by atomic mass is 10.1. The van der Waals surface area contributed by atoms with E-state index in [0.29, 0.717) is 0 Å². The normalized spacial score (nSPS) is 15.0. The number of nitrogen functional groups attached to an aromatic ring is 2. The molecular weight excluding hydrogens is 649 g/mol. The minimum absolute atomic E-state index is 0.00708. The number of methoxy groups -OCH3 is 2. The maximum absolute atomic E-state index is 14.3. The van der Waals surface area contributed by atoms with Crippen molar-refractivity contribution < 1.29 is 47.8 Å². The predicted octanol–water partition coefficient (Wildman–Crippen LogP) is 2.76. The maximum atomic E-state index is 14.3. The summed E-state index contributed by atoms with van der Waals surface area (Å²) in [6.45, 7) is 14.5. The molecule has 1 heterocycles. The third kappa shape index (κ3) is 16.0. The molecule has 0 saturated heterocycles. The van der Waals surface area contributed by atoms with Crippen LogP contribution in [0.15, 0.2) is 4.99 Å². The van der Waals surface area contributed by atoms with Gasteiger partial charge >= 0.3 is 19.6 Å². The molecule has 48 heavy (non-hydrogen) atoms. The van der Waals surface area contributed by atoms with Crippen LogP contribution in [0.4, 0.5) is 17.5 Å². The molecule has 3 unspecified atom stereocenters. The van der Waals surface area contributed by atoms with Gasteiger partial charge in [-0.25, -0.2) is 10.2 Å². The summed E-state index contributed by atoms with van der Waals surface area (Å²) in [4.78, 5) is 37.5. The first-order chi connectivity index (χ1) is 22.6. The highest BCUT2D eigenvalue weighted by atomic mass is 31.2.